The van der Waals surface area contributed by atoms with Gasteiger partial charge in [0.1, 0.15) is 24.7 Å². The molecule has 1 atom stereocenters. The molecule has 0 spiro atoms. The summed E-state index contributed by atoms with van der Waals surface area (Å²) in [4.78, 5) is 27.5. The summed E-state index contributed by atoms with van der Waals surface area (Å²) < 4.78 is 16.9. The van der Waals surface area contributed by atoms with Crippen LogP contribution in [0.15, 0.2) is 83.5 Å². The summed E-state index contributed by atoms with van der Waals surface area (Å²) in [5.41, 5.74) is 2.14. The number of ether oxygens (including phenoxy) is 3. The lowest BCUT2D eigenvalue weighted by Crippen LogP contribution is -2.10. The predicted molar refractivity (Wildman–Crippen MR) is 136 cm³/mol. The van der Waals surface area contributed by atoms with E-state index in [1.54, 1.807) is 12.1 Å². The van der Waals surface area contributed by atoms with Crippen LogP contribution in [0.3, 0.4) is 0 Å². The van der Waals surface area contributed by atoms with E-state index in [0.717, 1.165) is 12.2 Å². The van der Waals surface area contributed by atoms with Gasteiger partial charge in [0.05, 0.1) is 4.92 Å². The number of esters is 1. The van der Waals surface area contributed by atoms with Gasteiger partial charge in [-0.25, -0.2) is 9.79 Å². The summed E-state index contributed by atoms with van der Waals surface area (Å²) in [5, 5.41) is 11.3. The summed E-state index contributed by atoms with van der Waals surface area (Å²) in [6, 6.07) is 21.1. The number of hydrogen-bond acceptors (Lipinski definition) is 7. The molecule has 0 aromatic heterocycles. The number of non-ortho nitro benzene ring substituents is 1. The Morgan fingerprint density at radius 2 is 1.75 bits per heavy atom. The highest BCUT2D eigenvalue weighted by atomic mass is 16.6. The number of cyclic esters (lactones) is 1. The number of nitro groups is 1. The molecule has 0 N–H and O–H groups in total. The maximum absolute atomic E-state index is 12.4. The summed E-state index contributed by atoms with van der Waals surface area (Å²) in [5.74, 6) is 1.11. The van der Waals surface area contributed by atoms with Gasteiger partial charge in [-0.2, -0.15) is 0 Å². The molecule has 184 valence electrons. The highest BCUT2D eigenvalue weighted by molar-refractivity contribution is 6.12. The van der Waals surface area contributed by atoms with Crippen LogP contribution >= 0.6 is 0 Å². The standard InChI is InChI=1S/C28H26N2O6/c1-3-19(2)20-9-12-24(13-10-20)34-15-16-35-26-14-11-23(30(32)33)17-22(26)18-25-28(31)36-27(29-25)21-7-5-4-6-8-21/h4-14,17-19H,3,15-16H2,1-2H3. The molecule has 1 aliphatic heterocycles. The molecule has 1 unspecified atom stereocenters. The molecular formula is C28H26N2O6. The lowest BCUT2D eigenvalue weighted by Gasteiger charge is -2.12. The van der Waals surface area contributed by atoms with Gasteiger partial charge in [-0.05, 0) is 54.3 Å². The number of carbonyl (C=O) groups excluding carboxylic acids is 1. The van der Waals surface area contributed by atoms with Gasteiger partial charge < -0.3 is 14.2 Å². The average molecular weight is 487 g/mol. The number of rotatable bonds is 10. The first kappa shape index (κ1) is 24.7. The molecule has 0 saturated carbocycles. The SMILES string of the molecule is CCC(C)c1ccc(OCCOc2ccc([N+](=O)[O-])cc2C=C2N=C(c3ccccc3)OC2=O)cc1. The third kappa shape index (κ3) is 5.96. The molecular weight excluding hydrogens is 460 g/mol. The number of carbonyl (C=O) groups is 1. The summed E-state index contributed by atoms with van der Waals surface area (Å²) >= 11 is 0. The Hall–Kier alpha value is -4.46. The minimum Gasteiger partial charge on any atom is -0.490 e. The Morgan fingerprint density at radius 1 is 1.03 bits per heavy atom. The summed E-state index contributed by atoms with van der Waals surface area (Å²) in [6.45, 7) is 4.80. The molecule has 1 aliphatic rings. The number of nitrogens with zero attached hydrogens (tertiary/aromatic N) is 2. The largest absolute Gasteiger partial charge is 0.490 e. The molecule has 1 heterocycles. The zero-order chi connectivity index (χ0) is 25.5. The van der Waals surface area contributed by atoms with Gasteiger partial charge in [-0.1, -0.05) is 44.2 Å². The van der Waals surface area contributed by atoms with Crippen LogP contribution in [-0.4, -0.2) is 30.0 Å². The van der Waals surface area contributed by atoms with Crippen molar-refractivity contribution < 1.29 is 23.9 Å². The van der Waals surface area contributed by atoms with Crippen molar-refractivity contribution in [2.45, 2.75) is 26.2 Å². The Bertz CT molecular complexity index is 1300. The van der Waals surface area contributed by atoms with E-state index in [-0.39, 0.29) is 30.5 Å². The number of benzene rings is 3. The lowest BCUT2D eigenvalue weighted by molar-refractivity contribution is -0.384. The van der Waals surface area contributed by atoms with Crippen LogP contribution in [0.25, 0.3) is 6.08 Å². The monoisotopic (exact) mass is 486 g/mol. The van der Waals surface area contributed by atoms with Crippen molar-refractivity contribution in [3.05, 3.63) is 105 Å². The van der Waals surface area contributed by atoms with Crippen LogP contribution in [0.1, 0.15) is 42.9 Å². The Kier molecular flexibility index (Phi) is 7.75. The van der Waals surface area contributed by atoms with E-state index >= 15 is 0 Å². The molecule has 0 bridgehead atoms. The minimum absolute atomic E-state index is 0.0249. The van der Waals surface area contributed by atoms with E-state index in [1.807, 2.05) is 30.3 Å². The quantitative estimate of drug-likeness (QED) is 0.116. The second kappa shape index (κ2) is 11.3. The molecule has 3 aromatic carbocycles. The van der Waals surface area contributed by atoms with Crippen molar-refractivity contribution in [2.24, 2.45) is 4.99 Å². The third-order valence-corrected chi connectivity index (χ3v) is 5.81. The zero-order valence-corrected chi connectivity index (χ0v) is 20.0. The Morgan fingerprint density at radius 3 is 2.44 bits per heavy atom. The normalized spacial score (nSPS) is 14.8. The van der Waals surface area contributed by atoms with E-state index in [4.69, 9.17) is 14.2 Å². The van der Waals surface area contributed by atoms with Crippen LogP contribution in [0.2, 0.25) is 0 Å². The number of nitro benzene ring substituents is 1. The van der Waals surface area contributed by atoms with Crippen LogP contribution in [0.5, 0.6) is 11.5 Å². The molecule has 36 heavy (non-hydrogen) atoms. The molecule has 4 rings (SSSR count). The maximum Gasteiger partial charge on any atom is 0.363 e. The van der Waals surface area contributed by atoms with Crippen LogP contribution in [-0.2, 0) is 9.53 Å². The fourth-order valence-electron chi connectivity index (χ4n) is 3.59. The predicted octanol–water partition coefficient (Wildman–Crippen LogP) is 5.91. The summed E-state index contributed by atoms with van der Waals surface area (Å²) in [6.07, 6.45) is 2.49. The Balaban J connectivity index is 1.47. The first-order valence-corrected chi connectivity index (χ1v) is 11.7. The summed E-state index contributed by atoms with van der Waals surface area (Å²) in [7, 11) is 0. The smallest absolute Gasteiger partial charge is 0.363 e. The van der Waals surface area contributed by atoms with Crippen molar-refractivity contribution in [1.29, 1.82) is 0 Å². The highest BCUT2D eigenvalue weighted by Crippen LogP contribution is 2.29. The Labute approximate surface area is 209 Å². The van der Waals surface area contributed by atoms with E-state index < -0.39 is 10.9 Å². The van der Waals surface area contributed by atoms with Crippen LogP contribution in [0, 0.1) is 10.1 Å². The topological polar surface area (TPSA) is 100 Å². The van der Waals surface area contributed by atoms with Gasteiger partial charge >= 0.3 is 5.97 Å². The fourth-order valence-corrected chi connectivity index (χ4v) is 3.59. The first-order chi connectivity index (χ1) is 17.4. The molecule has 8 heteroatoms. The molecule has 0 saturated heterocycles. The van der Waals surface area contributed by atoms with E-state index in [9.17, 15) is 14.9 Å². The average Bonchev–Trinajstić information content (AvgIpc) is 3.27. The number of aliphatic imine (C=N–C) groups is 1. The zero-order valence-electron chi connectivity index (χ0n) is 20.0. The van der Waals surface area contributed by atoms with Crippen molar-refractivity contribution >= 4 is 23.6 Å². The molecule has 8 nitrogen and oxygen atoms in total. The van der Waals surface area contributed by atoms with Gasteiger partial charge in [-0.3, -0.25) is 10.1 Å². The maximum atomic E-state index is 12.4. The van der Waals surface area contributed by atoms with Crippen molar-refractivity contribution in [1.82, 2.24) is 0 Å². The van der Waals surface area contributed by atoms with Gasteiger partial charge in [0.15, 0.2) is 5.70 Å². The van der Waals surface area contributed by atoms with Crippen LogP contribution in [0.4, 0.5) is 5.69 Å². The van der Waals surface area contributed by atoms with E-state index in [2.05, 4.69) is 31.0 Å². The van der Waals surface area contributed by atoms with E-state index in [0.29, 0.717) is 22.8 Å². The van der Waals surface area contributed by atoms with Crippen molar-refractivity contribution in [3.63, 3.8) is 0 Å². The molecule has 0 radical (unpaired) electrons. The minimum atomic E-state index is -0.643. The van der Waals surface area contributed by atoms with Gasteiger partial charge in [-0.15, -0.1) is 0 Å². The van der Waals surface area contributed by atoms with E-state index in [1.165, 1.54) is 29.8 Å². The fraction of sp³-hybridized carbons (Fsp3) is 0.214. The molecule has 0 aliphatic carbocycles. The second-order valence-corrected chi connectivity index (χ2v) is 8.26. The lowest BCUT2D eigenvalue weighted by atomic mass is 9.99. The van der Waals surface area contributed by atoms with Gasteiger partial charge in [0.25, 0.3) is 5.69 Å². The van der Waals surface area contributed by atoms with Gasteiger partial charge in [0.2, 0.25) is 5.90 Å². The van der Waals surface area contributed by atoms with Gasteiger partial charge in [0, 0.05) is 23.3 Å². The van der Waals surface area contributed by atoms with Crippen LogP contribution < -0.4 is 9.47 Å². The molecule has 0 fully saturated rings. The molecule has 0 amide bonds. The van der Waals surface area contributed by atoms with Crippen molar-refractivity contribution in [3.8, 4) is 11.5 Å². The van der Waals surface area contributed by atoms with Crippen molar-refractivity contribution in [2.75, 3.05) is 13.2 Å². The molecule has 3 aromatic rings. The first-order valence-electron chi connectivity index (χ1n) is 11.7. The number of hydrogen-bond donors (Lipinski definition) is 0. The highest BCUT2D eigenvalue weighted by Gasteiger charge is 2.25. The third-order valence-electron chi connectivity index (χ3n) is 5.81. The second-order valence-electron chi connectivity index (χ2n) is 8.26.